The van der Waals surface area contributed by atoms with Crippen molar-refractivity contribution < 1.29 is 4.79 Å². The van der Waals surface area contributed by atoms with Gasteiger partial charge in [0.2, 0.25) is 0 Å². The van der Waals surface area contributed by atoms with Crippen molar-refractivity contribution >= 4 is 16.8 Å². The number of fused-ring (bicyclic) bond motifs is 1. The van der Waals surface area contributed by atoms with Crippen molar-refractivity contribution in [2.24, 2.45) is 7.05 Å². The first-order valence-electron chi connectivity index (χ1n) is 6.88. The maximum Gasteiger partial charge on any atom is 0.263 e. The Kier molecular flexibility index (Phi) is 3.69. The van der Waals surface area contributed by atoms with Gasteiger partial charge in [0.05, 0.1) is 17.4 Å². The molecule has 22 heavy (non-hydrogen) atoms. The van der Waals surface area contributed by atoms with Gasteiger partial charge in [-0.05, 0) is 17.5 Å². The molecule has 0 aliphatic rings. The van der Waals surface area contributed by atoms with Crippen LogP contribution in [-0.4, -0.2) is 32.4 Å². The number of pyridine rings is 1. The zero-order valence-electron chi connectivity index (χ0n) is 12.0. The second-order valence-electron chi connectivity index (χ2n) is 4.95. The van der Waals surface area contributed by atoms with E-state index in [2.05, 4.69) is 20.7 Å². The van der Waals surface area contributed by atoms with Crippen LogP contribution in [0.1, 0.15) is 16.1 Å². The number of aromatic amines is 1. The monoisotopic (exact) mass is 297 g/mol. The number of nitrogens with one attached hydrogen (secondary N) is 2. The third kappa shape index (κ3) is 2.60. The van der Waals surface area contributed by atoms with E-state index < -0.39 is 0 Å². The first-order valence-corrected chi connectivity index (χ1v) is 6.88. The van der Waals surface area contributed by atoms with Crippen LogP contribution < -0.4 is 10.9 Å². The summed E-state index contributed by atoms with van der Waals surface area (Å²) in [5.74, 6) is -0.380. The first kappa shape index (κ1) is 14.0. The molecule has 0 aliphatic carbocycles. The zero-order chi connectivity index (χ0) is 15.5. The Balaban J connectivity index is 1.81. The third-order valence-electron chi connectivity index (χ3n) is 3.51. The van der Waals surface area contributed by atoms with E-state index in [4.69, 9.17) is 0 Å². The van der Waals surface area contributed by atoms with Crippen LogP contribution >= 0.6 is 0 Å². The molecule has 0 spiro atoms. The quantitative estimate of drug-likeness (QED) is 0.738. The highest BCUT2D eigenvalue weighted by Crippen LogP contribution is 2.12. The molecule has 7 nitrogen and oxygen atoms in total. The Morgan fingerprint density at radius 1 is 1.36 bits per heavy atom. The molecule has 0 saturated carbocycles. The molecule has 112 valence electrons. The van der Waals surface area contributed by atoms with Gasteiger partial charge in [-0.25, -0.2) is 0 Å². The van der Waals surface area contributed by atoms with Crippen LogP contribution in [0.5, 0.6) is 0 Å². The van der Waals surface area contributed by atoms with Gasteiger partial charge >= 0.3 is 0 Å². The van der Waals surface area contributed by atoms with E-state index in [1.807, 2.05) is 24.3 Å². The van der Waals surface area contributed by atoms with Crippen LogP contribution in [-0.2, 0) is 13.5 Å². The van der Waals surface area contributed by atoms with E-state index in [-0.39, 0.29) is 17.0 Å². The Morgan fingerprint density at radius 2 is 2.18 bits per heavy atom. The predicted octanol–water partition coefficient (Wildman–Crippen LogP) is 0.629. The molecule has 3 aromatic rings. The van der Waals surface area contributed by atoms with Gasteiger partial charge in [0.1, 0.15) is 5.56 Å². The minimum atomic E-state index is -0.380. The number of H-pyrrole nitrogens is 1. The van der Waals surface area contributed by atoms with Gasteiger partial charge in [0, 0.05) is 20.0 Å². The molecule has 1 amide bonds. The van der Waals surface area contributed by atoms with Crippen LogP contribution in [0.2, 0.25) is 0 Å². The van der Waals surface area contributed by atoms with Crippen molar-refractivity contribution in [3.63, 3.8) is 0 Å². The molecular formula is C15H15N5O2. The van der Waals surface area contributed by atoms with Crippen molar-refractivity contribution in [1.82, 2.24) is 25.3 Å². The van der Waals surface area contributed by atoms with Crippen molar-refractivity contribution in [3.8, 4) is 0 Å². The van der Waals surface area contributed by atoms with Gasteiger partial charge in [0.15, 0.2) is 0 Å². The number of hydrogen-bond donors (Lipinski definition) is 2. The molecule has 7 heteroatoms. The molecule has 0 aliphatic heterocycles. The number of amides is 1. The number of rotatable bonds is 4. The number of carbonyl (C=O) groups excluding carboxylic acids is 1. The molecule has 0 bridgehead atoms. The number of hydrogen-bond acceptors (Lipinski definition) is 4. The van der Waals surface area contributed by atoms with Crippen molar-refractivity contribution in [2.75, 3.05) is 6.54 Å². The van der Waals surface area contributed by atoms with Crippen LogP contribution in [0.15, 0.2) is 41.3 Å². The van der Waals surface area contributed by atoms with Gasteiger partial charge in [0.25, 0.3) is 11.5 Å². The minimum absolute atomic E-state index is 0.140. The van der Waals surface area contributed by atoms with Gasteiger partial charge in [-0.15, -0.1) is 0 Å². The van der Waals surface area contributed by atoms with Crippen molar-refractivity contribution in [2.45, 2.75) is 6.42 Å². The fourth-order valence-corrected chi connectivity index (χ4v) is 2.33. The topological polar surface area (TPSA) is 92.7 Å². The first-order chi connectivity index (χ1) is 10.7. The molecule has 2 N–H and O–H groups in total. The Labute approximate surface area is 126 Å². The summed E-state index contributed by atoms with van der Waals surface area (Å²) in [6.07, 6.45) is 2.15. The van der Waals surface area contributed by atoms with Crippen molar-refractivity contribution in [3.05, 3.63) is 58.1 Å². The van der Waals surface area contributed by atoms with Gasteiger partial charge in [-0.2, -0.15) is 15.4 Å². The van der Waals surface area contributed by atoms with Crippen LogP contribution in [0.3, 0.4) is 0 Å². The maximum absolute atomic E-state index is 12.3. The number of para-hydroxylation sites is 1. The summed E-state index contributed by atoms with van der Waals surface area (Å²) in [6, 6.07) is 9.09. The Hall–Kier alpha value is -2.96. The van der Waals surface area contributed by atoms with Crippen molar-refractivity contribution in [1.29, 1.82) is 0 Å². The second kappa shape index (κ2) is 5.80. The predicted molar refractivity (Wildman–Crippen MR) is 81.6 cm³/mol. The summed E-state index contributed by atoms with van der Waals surface area (Å²) in [5.41, 5.74) is 1.39. The summed E-state index contributed by atoms with van der Waals surface area (Å²) in [6.45, 7) is 0.390. The van der Waals surface area contributed by atoms with Gasteiger partial charge in [-0.1, -0.05) is 18.2 Å². The maximum atomic E-state index is 12.3. The van der Waals surface area contributed by atoms with Crippen LogP contribution in [0.25, 0.3) is 10.9 Å². The Morgan fingerprint density at radius 3 is 2.95 bits per heavy atom. The SMILES string of the molecule is Cn1c(=O)c(C(=O)NCCc2cn[nH]n2)cc2ccccc21. The smallest absolute Gasteiger partial charge is 0.263 e. The largest absolute Gasteiger partial charge is 0.351 e. The molecule has 0 atom stereocenters. The van der Waals surface area contributed by atoms with Gasteiger partial charge in [-0.3, -0.25) is 9.59 Å². The van der Waals surface area contributed by atoms with E-state index in [0.717, 1.165) is 16.6 Å². The molecule has 2 heterocycles. The molecule has 0 radical (unpaired) electrons. The summed E-state index contributed by atoms with van der Waals surface area (Å²) >= 11 is 0. The van der Waals surface area contributed by atoms with E-state index >= 15 is 0 Å². The summed E-state index contributed by atoms with van der Waals surface area (Å²) in [7, 11) is 1.66. The molecule has 0 fully saturated rings. The minimum Gasteiger partial charge on any atom is -0.351 e. The molecule has 0 unspecified atom stereocenters. The standard InChI is InChI=1S/C15H15N5O2/c1-20-13-5-3-2-4-10(13)8-12(15(20)22)14(21)16-7-6-11-9-17-19-18-11/h2-5,8-9H,6-7H2,1H3,(H,16,21)(H,17,18,19). The molecule has 3 rings (SSSR count). The Bertz CT molecular complexity index is 867. The van der Waals surface area contributed by atoms with E-state index in [9.17, 15) is 9.59 Å². The average molecular weight is 297 g/mol. The number of aryl methyl sites for hydroxylation is 1. The fraction of sp³-hybridized carbons (Fsp3) is 0.200. The highest BCUT2D eigenvalue weighted by molar-refractivity contribution is 5.97. The summed E-state index contributed by atoms with van der Waals surface area (Å²) in [5, 5.41) is 13.7. The molecule has 0 saturated heterocycles. The number of carbonyl (C=O) groups is 1. The van der Waals surface area contributed by atoms with Crippen LogP contribution in [0.4, 0.5) is 0 Å². The lowest BCUT2D eigenvalue weighted by molar-refractivity contribution is 0.0952. The lowest BCUT2D eigenvalue weighted by atomic mass is 10.1. The third-order valence-corrected chi connectivity index (χ3v) is 3.51. The highest BCUT2D eigenvalue weighted by atomic mass is 16.2. The summed E-state index contributed by atoms with van der Waals surface area (Å²) < 4.78 is 1.49. The van der Waals surface area contributed by atoms with Gasteiger partial charge < -0.3 is 9.88 Å². The zero-order valence-corrected chi connectivity index (χ0v) is 12.0. The fourth-order valence-electron chi connectivity index (χ4n) is 2.33. The number of aromatic nitrogens is 4. The van der Waals surface area contributed by atoms with E-state index in [1.54, 1.807) is 19.3 Å². The average Bonchev–Trinajstić information content (AvgIpc) is 3.04. The lowest BCUT2D eigenvalue weighted by Gasteiger charge is -2.09. The molecule has 2 aromatic heterocycles. The summed E-state index contributed by atoms with van der Waals surface area (Å²) in [4.78, 5) is 24.5. The number of benzene rings is 1. The second-order valence-corrected chi connectivity index (χ2v) is 4.95. The van der Waals surface area contributed by atoms with Crippen LogP contribution in [0, 0.1) is 0 Å². The number of nitrogens with zero attached hydrogens (tertiary/aromatic N) is 3. The lowest BCUT2D eigenvalue weighted by Crippen LogP contribution is -2.33. The van der Waals surface area contributed by atoms with E-state index in [1.165, 1.54) is 4.57 Å². The normalized spacial score (nSPS) is 10.8. The van der Waals surface area contributed by atoms with E-state index in [0.29, 0.717) is 13.0 Å². The molecule has 1 aromatic carbocycles. The highest BCUT2D eigenvalue weighted by Gasteiger charge is 2.13. The molecular weight excluding hydrogens is 282 g/mol.